The number of nitrogens with zero attached hydrogens (tertiary/aromatic N) is 3. The van der Waals surface area contributed by atoms with Gasteiger partial charge in [0.25, 0.3) is 5.56 Å². The fourth-order valence-corrected chi connectivity index (χ4v) is 2.46. The molecule has 8 nitrogen and oxygen atoms in total. The first kappa shape index (κ1) is 11.7. The van der Waals surface area contributed by atoms with Crippen LogP contribution in [-0.4, -0.2) is 29.9 Å². The Labute approximate surface area is 109 Å². The summed E-state index contributed by atoms with van der Waals surface area (Å²) in [6.07, 6.45) is 2.96. The Kier molecular flexibility index (Phi) is 2.88. The minimum atomic E-state index is -0.516. The zero-order chi connectivity index (χ0) is 13.2. The van der Waals surface area contributed by atoms with Crippen LogP contribution in [0, 0.1) is 0 Å². The van der Waals surface area contributed by atoms with E-state index in [9.17, 15) is 9.59 Å². The molecule has 0 fully saturated rings. The summed E-state index contributed by atoms with van der Waals surface area (Å²) in [5.41, 5.74) is 0.910. The average molecular weight is 276 g/mol. The van der Waals surface area contributed by atoms with Crippen LogP contribution < -0.4 is 11.2 Å². The van der Waals surface area contributed by atoms with E-state index in [1.807, 2.05) is 0 Å². The first-order valence-corrected chi connectivity index (χ1v) is 6.30. The fourth-order valence-electron chi connectivity index (χ4n) is 1.60. The number of aromatic amines is 3. The Morgan fingerprint density at radius 1 is 1.16 bits per heavy atom. The second kappa shape index (κ2) is 4.69. The van der Waals surface area contributed by atoms with Gasteiger partial charge in [-0.05, 0) is 0 Å². The van der Waals surface area contributed by atoms with Crippen LogP contribution in [0.15, 0.2) is 33.3 Å². The van der Waals surface area contributed by atoms with Gasteiger partial charge >= 0.3 is 5.69 Å². The molecule has 0 saturated carbocycles. The van der Waals surface area contributed by atoms with Gasteiger partial charge in [0.15, 0.2) is 5.65 Å². The van der Waals surface area contributed by atoms with Crippen molar-refractivity contribution in [1.82, 2.24) is 29.9 Å². The van der Waals surface area contributed by atoms with Gasteiger partial charge in [0.1, 0.15) is 16.9 Å². The second-order valence-electron chi connectivity index (χ2n) is 3.68. The molecular formula is C10H8N6O2S. The van der Waals surface area contributed by atoms with Gasteiger partial charge in [-0.25, -0.2) is 19.7 Å². The molecule has 0 spiro atoms. The number of imidazole rings is 1. The fraction of sp³-hybridized carbons (Fsp3) is 0.100. The number of fused-ring (bicyclic) bond motifs is 1. The van der Waals surface area contributed by atoms with Gasteiger partial charge in [0.05, 0.1) is 6.33 Å². The molecule has 3 aromatic rings. The van der Waals surface area contributed by atoms with Crippen molar-refractivity contribution >= 4 is 22.9 Å². The number of thioether (sulfide) groups is 1. The summed E-state index contributed by atoms with van der Waals surface area (Å²) >= 11 is 1.38. The van der Waals surface area contributed by atoms with E-state index in [1.165, 1.54) is 24.2 Å². The predicted molar refractivity (Wildman–Crippen MR) is 68.9 cm³/mol. The number of H-pyrrole nitrogens is 3. The van der Waals surface area contributed by atoms with Gasteiger partial charge in [-0.1, -0.05) is 11.8 Å². The van der Waals surface area contributed by atoms with Crippen LogP contribution in [0.5, 0.6) is 0 Å². The molecule has 3 aromatic heterocycles. The molecule has 0 unspecified atom stereocenters. The van der Waals surface area contributed by atoms with Gasteiger partial charge in [-0.15, -0.1) is 0 Å². The Balaban J connectivity index is 1.88. The van der Waals surface area contributed by atoms with E-state index < -0.39 is 11.2 Å². The van der Waals surface area contributed by atoms with E-state index in [-0.39, 0.29) is 0 Å². The molecule has 19 heavy (non-hydrogen) atoms. The topological polar surface area (TPSA) is 120 Å². The van der Waals surface area contributed by atoms with Gasteiger partial charge in [-0.3, -0.25) is 9.78 Å². The standard InChI is InChI=1S/C10H8N6O2S/c17-6-1-5(15-10(18)16-6)2-19-9-7-8(12-3-11-7)13-4-14-9/h1,3-4H,2H2,(H,11,12,13,14)(H2,15,16,17,18). The molecule has 9 heteroatoms. The van der Waals surface area contributed by atoms with Crippen molar-refractivity contribution in [3.8, 4) is 0 Å². The Morgan fingerprint density at radius 3 is 2.89 bits per heavy atom. The first-order valence-electron chi connectivity index (χ1n) is 5.32. The first-order chi connectivity index (χ1) is 9.22. The third-order valence-corrected chi connectivity index (χ3v) is 3.41. The molecule has 0 bridgehead atoms. The van der Waals surface area contributed by atoms with Gasteiger partial charge in [0, 0.05) is 17.5 Å². The van der Waals surface area contributed by atoms with Crippen LogP contribution in [0.3, 0.4) is 0 Å². The molecular weight excluding hydrogens is 268 g/mol. The molecule has 0 aliphatic heterocycles. The molecule has 0 aromatic carbocycles. The lowest BCUT2D eigenvalue weighted by Gasteiger charge is -2.01. The molecule has 3 rings (SSSR count). The summed E-state index contributed by atoms with van der Waals surface area (Å²) in [6.45, 7) is 0. The summed E-state index contributed by atoms with van der Waals surface area (Å²) in [6, 6.07) is 1.35. The van der Waals surface area contributed by atoms with Gasteiger partial charge in [-0.2, -0.15) is 0 Å². The summed E-state index contributed by atoms with van der Waals surface area (Å²) in [5.74, 6) is 0.421. The van der Waals surface area contributed by atoms with E-state index >= 15 is 0 Å². The van der Waals surface area contributed by atoms with Crippen molar-refractivity contribution in [3.05, 3.63) is 45.3 Å². The maximum absolute atomic E-state index is 11.2. The zero-order valence-corrected chi connectivity index (χ0v) is 10.3. The molecule has 0 saturated heterocycles. The minimum absolute atomic E-state index is 0.421. The summed E-state index contributed by atoms with van der Waals surface area (Å²) < 4.78 is 0. The number of aromatic nitrogens is 6. The van der Waals surface area contributed by atoms with E-state index in [0.717, 1.165) is 5.52 Å². The normalized spacial score (nSPS) is 10.9. The molecule has 0 atom stereocenters. The zero-order valence-electron chi connectivity index (χ0n) is 9.51. The lowest BCUT2D eigenvalue weighted by atomic mass is 10.4. The van der Waals surface area contributed by atoms with Crippen molar-refractivity contribution < 1.29 is 0 Å². The number of hydrogen-bond acceptors (Lipinski definition) is 6. The van der Waals surface area contributed by atoms with Crippen LogP contribution in [-0.2, 0) is 5.75 Å². The Bertz CT molecular complexity index is 807. The van der Waals surface area contributed by atoms with Crippen LogP contribution >= 0.6 is 11.8 Å². The van der Waals surface area contributed by atoms with Crippen molar-refractivity contribution in [3.63, 3.8) is 0 Å². The Hall–Kier alpha value is -2.42. The Morgan fingerprint density at radius 2 is 2.05 bits per heavy atom. The largest absolute Gasteiger partial charge is 0.341 e. The maximum atomic E-state index is 11.2. The SMILES string of the molecule is O=c1cc(CSc2ncnc3nc[nH]c23)[nH]c(=O)[nH]1. The van der Waals surface area contributed by atoms with Crippen molar-refractivity contribution in [1.29, 1.82) is 0 Å². The van der Waals surface area contributed by atoms with Crippen LogP contribution in [0.2, 0.25) is 0 Å². The van der Waals surface area contributed by atoms with Crippen molar-refractivity contribution in [2.75, 3.05) is 0 Å². The summed E-state index contributed by atoms with van der Waals surface area (Å²) in [4.78, 5) is 42.1. The molecule has 96 valence electrons. The third kappa shape index (κ3) is 2.40. The molecule has 3 N–H and O–H groups in total. The molecule has 0 radical (unpaired) electrons. The lowest BCUT2D eigenvalue weighted by molar-refractivity contribution is 0.984. The van der Waals surface area contributed by atoms with Crippen LogP contribution in [0.25, 0.3) is 11.2 Å². The highest BCUT2D eigenvalue weighted by Gasteiger charge is 2.07. The average Bonchev–Trinajstić information content (AvgIpc) is 2.83. The van der Waals surface area contributed by atoms with Crippen LogP contribution in [0.4, 0.5) is 0 Å². The van der Waals surface area contributed by atoms with Crippen LogP contribution in [0.1, 0.15) is 5.69 Å². The highest BCUT2D eigenvalue weighted by molar-refractivity contribution is 7.98. The van der Waals surface area contributed by atoms with E-state index in [2.05, 4.69) is 29.9 Å². The number of hydrogen-bond donors (Lipinski definition) is 3. The number of nitrogens with one attached hydrogen (secondary N) is 3. The van der Waals surface area contributed by atoms with Crippen molar-refractivity contribution in [2.45, 2.75) is 10.8 Å². The van der Waals surface area contributed by atoms with E-state index in [4.69, 9.17) is 0 Å². The predicted octanol–water partition coefficient (Wildman–Crippen LogP) is 0.0218. The highest BCUT2D eigenvalue weighted by Crippen LogP contribution is 2.23. The molecule has 3 heterocycles. The van der Waals surface area contributed by atoms with Crippen molar-refractivity contribution in [2.24, 2.45) is 0 Å². The van der Waals surface area contributed by atoms with E-state index in [1.54, 1.807) is 6.33 Å². The minimum Gasteiger partial charge on any atom is -0.341 e. The monoisotopic (exact) mass is 276 g/mol. The molecule has 0 aliphatic rings. The third-order valence-electron chi connectivity index (χ3n) is 2.37. The molecule has 0 amide bonds. The van der Waals surface area contributed by atoms with Gasteiger partial charge in [0.2, 0.25) is 0 Å². The second-order valence-corrected chi connectivity index (χ2v) is 4.65. The summed E-state index contributed by atoms with van der Waals surface area (Å²) in [7, 11) is 0. The smallest absolute Gasteiger partial charge is 0.325 e. The van der Waals surface area contributed by atoms with Gasteiger partial charge < -0.3 is 9.97 Å². The highest BCUT2D eigenvalue weighted by atomic mass is 32.2. The maximum Gasteiger partial charge on any atom is 0.325 e. The lowest BCUT2D eigenvalue weighted by Crippen LogP contribution is -2.22. The quantitative estimate of drug-likeness (QED) is 0.458. The number of rotatable bonds is 3. The summed E-state index contributed by atoms with van der Waals surface area (Å²) in [5, 5.41) is 0.712. The molecule has 0 aliphatic carbocycles. The van der Waals surface area contributed by atoms with E-state index in [0.29, 0.717) is 22.1 Å².